The normalized spacial score (nSPS) is 16.7. The van der Waals surface area contributed by atoms with E-state index in [-0.39, 0.29) is 5.91 Å². The van der Waals surface area contributed by atoms with Gasteiger partial charge in [-0.25, -0.2) is 4.68 Å². The van der Waals surface area contributed by atoms with Crippen molar-refractivity contribution in [3.63, 3.8) is 0 Å². The number of nitrogens with one attached hydrogen (secondary N) is 1. The Hall–Kier alpha value is -2.01. The van der Waals surface area contributed by atoms with Crippen LogP contribution in [0.15, 0.2) is 36.5 Å². The molecular weight excluding hydrogens is 314 g/mol. The second-order valence-electron chi connectivity index (χ2n) is 5.95. The lowest BCUT2D eigenvalue weighted by Crippen LogP contribution is -2.31. The first kappa shape index (κ1) is 15.9. The molecule has 0 bridgehead atoms. The average molecular weight is 334 g/mol. The number of ether oxygens (including phenoxy) is 1. The topological polar surface area (TPSA) is 56.1 Å². The molecular formula is C17H20ClN3O2. The van der Waals surface area contributed by atoms with Crippen LogP contribution in [-0.2, 0) is 4.79 Å². The van der Waals surface area contributed by atoms with E-state index in [4.69, 9.17) is 16.3 Å². The van der Waals surface area contributed by atoms with E-state index < -0.39 is 6.10 Å². The fraction of sp³-hybridized carbons (Fsp3) is 0.412. The Morgan fingerprint density at radius 3 is 2.87 bits per heavy atom. The standard InChI is InChI=1S/C17H20ClN3O2/c1-11(13-6-7-13)21-16(8-9-19-21)20-17(22)12(2)23-15-5-3-4-14(18)10-15/h3-5,8-13H,6-7H2,1-2H3,(H,20,22). The quantitative estimate of drug-likeness (QED) is 0.871. The van der Waals surface area contributed by atoms with Gasteiger partial charge in [-0.05, 0) is 50.8 Å². The number of carbonyl (C=O) groups is 1. The van der Waals surface area contributed by atoms with Gasteiger partial charge in [0.25, 0.3) is 5.91 Å². The van der Waals surface area contributed by atoms with E-state index in [9.17, 15) is 4.79 Å². The molecule has 6 heteroatoms. The average Bonchev–Trinajstić information content (AvgIpc) is 3.26. The van der Waals surface area contributed by atoms with E-state index in [1.54, 1.807) is 37.4 Å². The third kappa shape index (κ3) is 3.85. The molecule has 0 aliphatic heterocycles. The number of amides is 1. The van der Waals surface area contributed by atoms with Crippen molar-refractivity contribution in [2.45, 2.75) is 38.8 Å². The molecule has 1 aliphatic carbocycles. The summed E-state index contributed by atoms with van der Waals surface area (Å²) < 4.78 is 7.52. The van der Waals surface area contributed by atoms with Crippen molar-refractivity contribution in [3.8, 4) is 5.75 Å². The van der Waals surface area contributed by atoms with Crippen LogP contribution in [-0.4, -0.2) is 21.8 Å². The molecule has 1 amide bonds. The fourth-order valence-corrected chi connectivity index (χ4v) is 2.72. The lowest BCUT2D eigenvalue weighted by molar-refractivity contribution is -0.122. The summed E-state index contributed by atoms with van der Waals surface area (Å²) in [6.07, 6.45) is 3.52. The minimum atomic E-state index is -0.631. The molecule has 1 aliphatic rings. The summed E-state index contributed by atoms with van der Waals surface area (Å²) in [5.41, 5.74) is 0. The first-order valence-corrected chi connectivity index (χ1v) is 8.19. The molecule has 1 N–H and O–H groups in total. The van der Waals surface area contributed by atoms with Crippen molar-refractivity contribution in [3.05, 3.63) is 41.6 Å². The number of benzene rings is 1. The number of halogens is 1. The maximum absolute atomic E-state index is 12.3. The molecule has 23 heavy (non-hydrogen) atoms. The highest BCUT2D eigenvalue weighted by atomic mass is 35.5. The minimum absolute atomic E-state index is 0.213. The number of nitrogens with zero attached hydrogens (tertiary/aromatic N) is 2. The molecule has 1 heterocycles. The highest BCUT2D eigenvalue weighted by molar-refractivity contribution is 6.30. The predicted octanol–water partition coefficient (Wildman–Crippen LogP) is 3.91. The Morgan fingerprint density at radius 2 is 2.17 bits per heavy atom. The molecule has 2 unspecified atom stereocenters. The van der Waals surface area contributed by atoms with E-state index in [0.717, 1.165) is 0 Å². The van der Waals surface area contributed by atoms with E-state index >= 15 is 0 Å². The molecule has 0 spiro atoms. The molecule has 122 valence electrons. The Kier molecular flexibility index (Phi) is 4.57. The number of hydrogen-bond acceptors (Lipinski definition) is 3. The minimum Gasteiger partial charge on any atom is -0.481 e. The predicted molar refractivity (Wildman–Crippen MR) is 89.8 cm³/mol. The number of rotatable bonds is 6. The number of aromatic nitrogens is 2. The lowest BCUT2D eigenvalue weighted by atomic mass is 10.2. The summed E-state index contributed by atoms with van der Waals surface area (Å²) >= 11 is 5.92. The fourth-order valence-electron chi connectivity index (χ4n) is 2.54. The Morgan fingerprint density at radius 1 is 1.39 bits per heavy atom. The lowest BCUT2D eigenvalue weighted by Gasteiger charge is -2.18. The van der Waals surface area contributed by atoms with Crippen LogP contribution >= 0.6 is 11.6 Å². The zero-order valence-electron chi connectivity index (χ0n) is 13.2. The highest BCUT2D eigenvalue weighted by Gasteiger charge is 2.31. The van der Waals surface area contributed by atoms with E-state index in [2.05, 4.69) is 17.3 Å². The van der Waals surface area contributed by atoms with Crippen molar-refractivity contribution in [1.82, 2.24) is 9.78 Å². The largest absolute Gasteiger partial charge is 0.481 e. The summed E-state index contributed by atoms with van der Waals surface area (Å²) in [7, 11) is 0. The van der Waals surface area contributed by atoms with Crippen molar-refractivity contribution in [2.75, 3.05) is 5.32 Å². The van der Waals surface area contributed by atoms with Gasteiger partial charge >= 0.3 is 0 Å². The van der Waals surface area contributed by atoms with Crippen LogP contribution in [0.2, 0.25) is 5.02 Å². The first-order valence-electron chi connectivity index (χ1n) is 7.81. The number of hydrogen-bond donors (Lipinski definition) is 1. The van der Waals surface area contributed by atoms with Gasteiger partial charge in [-0.1, -0.05) is 17.7 Å². The SMILES string of the molecule is CC(Oc1cccc(Cl)c1)C(=O)Nc1ccnn1C(C)C1CC1. The molecule has 1 aromatic heterocycles. The Balaban J connectivity index is 1.63. The zero-order valence-corrected chi connectivity index (χ0v) is 14.0. The van der Waals surface area contributed by atoms with Crippen molar-refractivity contribution in [1.29, 1.82) is 0 Å². The molecule has 2 aromatic rings. The van der Waals surface area contributed by atoms with Crippen LogP contribution in [0.5, 0.6) is 5.75 Å². The maximum Gasteiger partial charge on any atom is 0.266 e. The second-order valence-corrected chi connectivity index (χ2v) is 6.38. The Bertz CT molecular complexity index is 697. The van der Waals surface area contributed by atoms with Gasteiger partial charge in [0.15, 0.2) is 6.10 Å². The molecule has 5 nitrogen and oxygen atoms in total. The van der Waals surface area contributed by atoms with E-state index in [0.29, 0.717) is 28.5 Å². The molecule has 1 fully saturated rings. The number of carbonyl (C=O) groups excluding carboxylic acids is 1. The Labute approximate surface area is 140 Å². The van der Waals surface area contributed by atoms with Crippen LogP contribution in [0.4, 0.5) is 5.82 Å². The molecule has 0 radical (unpaired) electrons. The van der Waals surface area contributed by atoms with E-state index in [1.807, 2.05) is 10.7 Å². The van der Waals surface area contributed by atoms with Gasteiger partial charge in [0, 0.05) is 11.1 Å². The molecule has 1 saturated carbocycles. The van der Waals surface area contributed by atoms with Crippen molar-refractivity contribution in [2.24, 2.45) is 5.92 Å². The second kappa shape index (κ2) is 6.62. The third-order valence-electron chi connectivity index (χ3n) is 4.09. The van der Waals surface area contributed by atoms with E-state index in [1.165, 1.54) is 12.8 Å². The van der Waals surface area contributed by atoms with Crippen LogP contribution in [0.3, 0.4) is 0 Å². The third-order valence-corrected chi connectivity index (χ3v) is 4.32. The molecule has 0 saturated heterocycles. The summed E-state index contributed by atoms with van der Waals surface area (Å²) in [6.45, 7) is 3.84. The summed E-state index contributed by atoms with van der Waals surface area (Å²) in [5.74, 6) is 1.72. The van der Waals surface area contributed by atoms with Crippen molar-refractivity contribution < 1.29 is 9.53 Å². The van der Waals surface area contributed by atoms with Gasteiger partial charge in [0.1, 0.15) is 11.6 Å². The summed E-state index contributed by atoms with van der Waals surface area (Å²) in [5, 5.41) is 7.80. The monoisotopic (exact) mass is 333 g/mol. The number of anilines is 1. The van der Waals surface area contributed by atoms with Crippen molar-refractivity contribution >= 4 is 23.3 Å². The smallest absolute Gasteiger partial charge is 0.266 e. The van der Waals surface area contributed by atoms with Crippen LogP contribution in [0.1, 0.15) is 32.7 Å². The van der Waals surface area contributed by atoms with Gasteiger partial charge in [0.2, 0.25) is 0 Å². The first-order chi connectivity index (χ1) is 11.0. The summed E-state index contributed by atoms with van der Waals surface area (Å²) in [4.78, 5) is 12.3. The van der Waals surface area contributed by atoms with Gasteiger partial charge in [0.05, 0.1) is 12.2 Å². The molecule has 2 atom stereocenters. The highest BCUT2D eigenvalue weighted by Crippen LogP contribution is 2.40. The molecule has 3 rings (SSSR count). The van der Waals surface area contributed by atoms with Crippen LogP contribution < -0.4 is 10.1 Å². The zero-order chi connectivity index (χ0) is 16.4. The van der Waals surface area contributed by atoms with Crippen LogP contribution in [0.25, 0.3) is 0 Å². The molecule has 1 aromatic carbocycles. The van der Waals surface area contributed by atoms with Crippen LogP contribution in [0, 0.1) is 5.92 Å². The van der Waals surface area contributed by atoms with Gasteiger partial charge in [-0.3, -0.25) is 4.79 Å². The van der Waals surface area contributed by atoms with Gasteiger partial charge in [-0.2, -0.15) is 5.10 Å². The summed E-state index contributed by atoms with van der Waals surface area (Å²) in [6, 6.07) is 9.11. The van der Waals surface area contributed by atoms with Gasteiger partial charge < -0.3 is 10.1 Å². The maximum atomic E-state index is 12.3. The van der Waals surface area contributed by atoms with Gasteiger partial charge in [-0.15, -0.1) is 0 Å².